The first-order valence-corrected chi connectivity index (χ1v) is 16.3. The molecule has 0 radical (unpaired) electrons. The number of hydrogen-bond acceptors (Lipinski definition) is 7. The highest BCUT2D eigenvalue weighted by Crippen LogP contribution is 2.26. The van der Waals surface area contributed by atoms with Gasteiger partial charge in [-0.05, 0) is 159 Å². The Bertz CT molecular complexity index is 2580. The number of aryl methyl sites for hydroxylation is 1. The van der Waals surface area contributed by atoms with Crippen molar-refractivity contribution in [2.45, 2.75) is 39.0 Å². The number of carbonyl (C=O) groups excluding carboxylic acids is 1. The molecule has 11 heteroatoms. The molecule has 55 heavy (non-hydrogen) atoms. The van der Waals surface area contributed by atoms with E-state index in [2.05, 4.69) is 151 Å². The Hall–Kier alpha value is -7.17. The van der Waals surface area contributed by atoms with Gasteiger partial charge in [0.2, 0.25) is 0 Å². The fourth-order valence-corrected chi connectivity index (χ4v) is 5.35. The third-order valence-electron chi connectivity index (χ3n) is 5.22. The minimum Gasteiger partial charge on any atom is -0.303 e. The van der Waals surface area contributed by atoms with Gasteiger partial charge in [0.1, 0.15) is 12.1 Å². The van der Waals surface area contributed by atoms with Crippen LogP contribution in [0.15, 0.2) is 47.4 Å². The summed E-state index contributed by atoms with van der Waals surface area (Å²) in [5, 5.41) is 14.5. The molecule has 0 aromatic heterocycles. The van der Waals surface area contributed by atoms with E-state index in [1.165, 1.54) is 12.1 Å². The normalized spacial score (nSPS) is 7.82. The van der Waals surface area contributed by atoms with Crippen molar-refractivity contribution in [1.82, 2.24) is 0 Å². The highest BCUT2D eigenvalue weighted by molar-refractivity contribution is 7.91. The highest BCUT2D eigenvalue weighted by Gasteiger charge is 2.29. The summed E-state index contributed by atoms with van der Waals surface area (Å²) in [6, 6.07) is 11.3. The third kappa shape index (κ3) is 27.2. The van der Waals surface area contributed by atoms with Crippen molar-refractivity contribution in [1.29, 1.82) is 0 Å². The molecule has 0 amide bonds. The van der Waals surface area contributed by atoms with Crippen LogP contribution in [-0.4, -0.2) is 25.7 Å². The monoisotopic (exact) mass is 798 g/mol. The van der Waals surface area contributed by atoms with E-state index in [1.54, 1.807) is 20.8 Å². The number of halogens is 2. The summed E-state index contributed by atoms with van der Waals surface area (Å²) in [6.07, 6.45) is 5.86. The van der Waals surface area contributed by atoms with Gasteiger partial charge in [-0.2, -0.15) is 13.5 Å². The number of hydrogen-bond donors (Lipinski definition) is 1. The Kier molecular flexibility index (Phi) is 28.7. The van der Waals surface area contributed by atoms with Crippen molar-refractivity contribution >= 4 is 29.6 Å². The van der Waals surface area contributed by atoms with Crippen LogP contribution in [0.25, 0.3) is 0 Å². The third-order valence-corrected chi connectivity index (χ3v) is 7.41. The molecule has 0 saturated heterocycles. The molecular formula is C44H56F2O7S2. The Morgan fingerprint density at radius 2 is 1.24 bits per heavy atom. The summed E-state index contributed by atoms with van der Waals surface area (Å²) >= 11 is 0. The Morgan fingerprint density at radius 1 is 0.782 bits per heavy atom. The largest absolute Gasteiger partial charge is 0.303 e. The van der Waals surface area contributed by atoms with Gasteiger partial charge in [0.15, 0.2) is 9.84 Å². The van der Waals surface area contributed by atoms with Gasteiger partial charge < -0.3 is 4.79 Å². The van der Waals surface area contributed by atoms with E-state index in [0.717, 1.165) is 17.2 Å². The molecule has 0 bridgehead atoms. The predicted molar refractivity (Wildman–Crippen MR) is 239 cm³/mol. The van der Waals surface area contributed by atoms with Gasteiger partial charge in [-0.15, -0.1) is 6.42 Å². The zero-order valence-electron chi connectivity index (χ0n) is 29.7. The number of carbonyl (C=O) groups is 1. The minimum atomic E-state index is -3.71. The number of aldehydes is 1. The average Bonchev–Trinajstić information content (AvgIpc) is 3.13. The standard InChI is InChI=1S/C25H4.C19H21FO3S.FHO4.H2S.14H2/c1-3-5-7-9-11-13-15-17-19-21-23-25-24-22-20-18-16-14-12-10-8-6-4-2;1-14-5-4-6-15(9-14)10-16-11-17(20)7-8-18(16)24(22,23)13-19(2,3)12-21;1-3-5-4-2;;;;;;;;;;;;;;;/h1H,2H3;4-9,11-12H,10,13H2,1-3H3;2H;1H2;14*1H. The number of benzene rings is 2. The predicted octanol–water partition coefficient (Wildman–Crippen LogP) is 8.18. The second-order valence-corrected chi connectivity index (χ2v) is 12.0. The Balaban J connectivity index is -0.0000000440. The van der Waals surface area contributed by atoms with Crippen LogP contribution in [0.2, 0.25) is 0 Å². The maximum atomic E-state index is 13.7. The summed E-state index contributed by atoms with van der Waals surface area (Å²) in [6.45, 7) is 6.78. The molecule has 0 fully saturated rings. The molecule has 2 aromatic carbocycles. The van der Waals surface area contributed by atoms with E-state index in [0.29, 0.717) is 18.3 Å². The quantitative estimate of drug-likeness (QED) is 0.0946. The molecule has 0 saturated carbocycles. The molecule has 0 aliphatic rings. The van der Waals surface area contributed by atoms with Crippen LogP contribution in [0.4, 0.5) is 8.92 Å². The maximum absolute atomic E-state index is 13.7. The Labute approximate surface area is 349 Å². The van der Waals surface area contributed by atoms with E-state index in [1.807, 2.05) is 31.2 Å². The van der Waals surface area contributed by atoms with E-state index in [9.17, 15) is 22.1 Å². The van der Waals surface area contributed by atoms with Crippen LogP contribution < -0.4 is 0 Å². The van der Waals surface area contributed by atoms with Crippen LogP contribution in [0.3, 0.4) is 0 Å². The van der Waals surface area contributed by atoms with Gasteiger partial charge in [0, 0.05) is 66.0 Å². The van der Waals surface area contributed by atoms with Crippen molar-refractivity contribution in [3.05, 3.63) is 65.0 Å². The second-order valence-electron chi connectivity index (χ2n) is 10.0. The molecular weight excluding hydrogens is 743 g/mol. The molecule has 0 atom stereocenters. The van der Waals surface area contributed by atoms with E-state index in [-0.39, 0.29) is 44.1 Å². The number of sulfone groups is 1. The molecule has 7 nitrogen and oxygen atoms in total. The van der Waals surface area contributed by atoms with E-state index in [4.69, 9.17) is 11.7 Å². The fraction of sp³-hybridized carbons (Fsp3) is 0.159. The molecule has 300 valence electrons. The first-order valence-electron chi connectivity index (χ1n) is 14.6. The van der Waals surface area contributed by atoms with Gasteiger partial charge in [0.05, 0.1) is 10.6 Å². The SMILES string of the molecule is C#CC#CC#CC#CC#CC#CC#CC#CC#CC#CC#CC#CC.Cc1cccc(Cc2cc(F)ccc2S(=O)(=O)CC(C)(C)C=O)c1.OOOOF.S.[HH].[HH].[HH].[HH].[HH].[HH].[HH].[HH].[HH].[HH].[HH].[HH].[HH].[HH]. The first kappa shape index (κ1) is 49.9. The van der Waals surface area contributed by atoms with Crippen molar-refractivity contribution in [3.63, 3.8) is 0 Å². The summed E-state index contributed by atoms with van der Waals surface area (Å²) in [4.78, 5) is 11.2. The summed E-state index contributed by atoms with van der Waals surface area (Å²) in [5.41, 5.74) is 1.37. The minimum absolute atomic E-state index is 0. The molecule has 0 heterocycles. The molecule has 2 aromatic rings. The molecule has 0 spiro atoms. The number of rotatable bonds is 8. The van der Waals surface area contributed by atoms with Crippen molar-refractivity contribution < 1.29 is 62.5 Å². The Morgan fingerprint density at radius 3 is 1.60 bits per heavy atom. The van der Waals surface area contributed by atoms with Crippen LogP contribution in [-0.2, 0) is 36.2 Å². The summed E-state index contributed by atoms with van der Waals surface area (Å²) in [7, 11) is -3.71. The summed E-state index contributed by atoms with van der Waals surface area (Å²) in [5.74, 6) is 56.1. The fourth-order valence-electron chi connectivity index (χ4n) is 3.34. The molecule has 1 N–H and O–H groups in total. The van der Waals surface area contributed by atoms with E-state index < -0.39 is 21.1 Å². The van der Waals surface area contributed by atoms with Crippen LogP contribution in [0.1, 0.15) is 57.4 Å². The zero-order valence-corrected chi connectivity index (χ0v) is 31.5. The summed E-state index contributed by atoms with van der Waals surface area (Å²) < 4.78 is 49.1. The van der Waals surface area contributed by atoms with Gasteiger partial charge in [0.25, 0.3) is 0 Å². The van der Waals surface area contributed by atoms with Crippen LogP contribution in [0.5, 0.6) is 0 Å². The molecule has 0 unspecified atom stereocenters. The average molecular weight is 799 g/mol. The first-order chi connectivity index (χ1) is 26.0. The molecule has 0 aliphatic heterocycles. The maximum Gasteiger partial charge on any atom is 0.179 e. The lowest BCUT2D eigenvalue weighted by atomic mass is 10.00. The second kappa shape index (κ2) is 31.6. The van der Waals surface area contributed by atoms with Gasteiger partial charge in [-0.1, -0.05) is 49.6 Å². The van der Waals surface area contributed by atoms with Crippen molar-refractivity contribution in [2.24, 2.45) is 5.41 Å². The number of terminal acetylenes is 1. The van der Waals surface area contributed by atoms with Gasteiger partial charge in [-0.25, -0.2) is 18.1 Å². The molecule has 0 aliphatic carbocycles. The lowest BCUT2D eigenvalue weighted by molar-refractivity contribution is -0.671. The molecule has 2 rings (SSSR count). The zero-order chi connectivity index (χ0) is 40.3. The van der Waals surface area contributed by atoms with E-state index >= 15 is 0 Å². The van der Waals surface area contributed by atoms with Crippen LogP contribution in [0, 0.1) is 161 Å². The highest BCUT2D eigenvalue weighted by atomic mass is 32.2. The lowest BCUT2D eigenvalue weighted by Gasteiger charge is -2.18. The van der Waals surface area contributed by atoms with Crippen LogP contribution >= 0.6 is 13.5 Å². The topological polar surface area (TPSA) is 99.1 Å². The smallest absolute Gasteiger partial charge is 0.179 e. The lowest BCUT2D eigenvalue weighted by Crippen LogP contribution is -2.26. The van der Waals surface area contributed by atoms with Gasteiger partial charge >= 0.3 is 0 Å². The van der Waals surface area contributed by atoms with Gasteiger partial charge in [-0.3, -0.25) is 0 Å². The van der Waals surface area contributed by atoms with Crippen molar-refractivity contribution in [2.75, 3.05) is 5.75 Å². The van der Waals surface area contributed by atoms with Crippen molar-refractivity contribution in [3.8, 4) is 143 Å².